The molecule has 0 spiro atoms. The largest absolute Gasteiger partial charge is 0.378 e. The number of anilines is 2. The number of nitrogens with one attached hydrogen (secondary N) is 2. The van der Waals surface area contributed by atoms with E-state index in [2.05, 4.69) is 15.8 Å². The molecule has 2 aromatic carbocycles. The molecule has 2 rings (SSSR count). The second-order valence-corrected chi connectivity index (χ2v) is 6.10. The van der Waals surface area contributed by atoms with Gasteiger partial charge >= 0.3 is 0 Å². The second-order valence-electron chi connectivity index (χ2n) is 4.91. The number of hydrazone groups is 1. The Labute approximate surface area is 151 Å². The standard InChI is InChI=1S/C16H16Cl2N4S/c1-22(2)12-8-6-11(7-9-12)10-19-21-16(23)20-14-5-3-4-13(17)15(14)18/h3-10H,1-2H3,(H2,20,21,23)/b19-10-. The summed E-state index contributed by atoms with van der Waals surface area (Å²) in [5.74, 6) is 0. The van der Waals surface area contributed by atoms with Gasteiger partial charge in [0, 0.05) is 19.8 Å². The Morgan fingerprint density at radius 3 is 2.48 bits per heavy atom. The first-order valence-electron chi connectivity index (χ1n) is 6.79. The minimum absolute atomic E-state index is 0.329. The van der Waals surface area contributed by atoms with Crippen LogP contribution in [0.4, 0.5) is 11.4 Å². The molecular formula is C16H16Cl2N4S. The van der Waals surface area contributed by atoms with Crippen LogP contribution in [0.25, 0.3) is 0 Å². The van der Waals surface area contributed by atoms with Gasteiger partial charge in [-0.1, -0.05) is 41.4 Å². The lowest BCUT2D eigenvalue weighted by Crippen LogP contribution is -2.24. The van der Waals surface area contributed by atoms with Crippen molar-refractivity contribution in [1.82, 2.24) is 5.43 Å². The van der Waals surface area contributed by atoms with Gasteiger partial charge in [-0.05, 0) is 42.0 Å². The molecule has 0 unspecified atom stereocenters. The van der Waals surface area contributed by atoms with Gasteiger partial charge < -0.3 is 10.2 Å². The smallest absolute Gasteiger partial charge is 0.191 e. The van der Waals surface area contributed by atoms with Gasteiger partial charge in [0.25, 0.3) is 0 Å². The van der Waals surface area contributed by atoms with Crippen molar-refractivity contribution in [2.45, 2.75) is 0 Å². The zero-order valence-corrected chi connectivity index (χ0v) is 15.0. The van der Waals surface area contributed by atoms with Crippen molar-refractivity contribution < 1.29 is 0 Å². The van der Waals surface area contributed by atoms with E-state index in [0.29, 0.717) is 20.8 Å². The summed E-state index contributed by atoms with van der Waals surface area (Å²) >= 11 is 17.2. The van der Waals surface area contributed by atoms with E-state index in [1.165, 1.54) is 0 Å². The van der Waals surface area contributed by atoms with Crippen molar-refractivity contribution in [3.8, 4) is 0 Å². The molecule has 0 atom stereocenters. The fourth-order valence-electron chi connectivity index (χ4n) is 1.77. The van der Waals surface area contributed by atoms with Crippen LogP contribution in [-0.2, 0) is 0 Å². The van der Waals surface area contributed by atoms with E-state index in [0.717, 1.165) is 11.3 Å². The number of rotatable bonds is 4. The second kappa shape index (κ2) is 8.15. The van der Waals surface area contributed by atoms with Gasteiger partial charge in [0.05, 0.1) is 21.9 Å². The summed E-state index contributed by atoms with van der Waals surface area (Å²) < 4.78 is 0. The summed E-state index contributed by atoms with van der Waals surface area (Å²) in [6.07, 6.45) is 1.69. The molecule has 4 nitrogen and oxygen atoms in total. The molecule has 120 valence electrons. The Morgan fingerprint density at radius 2 is 1.83 bits per heavy atom. The summed E-state index contributed by atoms with van der Waals surface area (Å²) in [5, 5.41) is 8.25. The van der Waals surface area contributed by atoms with Gasteiger partial charge in [0.1, 0.15) is 0 Å². The third kappa shape index (κ3) is 5.10. The Morgan fingerprint density at radius 1 is 1.13 bits per heavy atom. The summed E-state index contributed by atoms with van der Waals surface area (Å²) in [5.41, 5.74) is 5.46. The Kier molecular flexibility index (Phi) is 6.21. The van der Waals surface area contributed by atoms with Gasteiger partial charge in [-0.2, -0.15) is 5.10 Å². The summed E-state index contributed by atoms with van der Waals surface area (Å²) in [6.45, 7) is 0. The number of hydrogen-bond donors (Lipinski definition) is 2. The maximum atomic E-state index is 6.08. The minimum atomic E-state index is 0.329. The lowest BCUT2D eigenvalue weighted by Gasteiger charge is -2.11. The van der Waals surface area contributed by atoms with Gasteiger partial charge in [-0.15, -0.1) is 0 Å². The fraction of sp³-hybridized carbons (Fsp3) is 0.125. The van der Waals surface area contributed by atoms with Gasteiger partial charge in [-0.25, -0.2) is 0 Å². The first-order chi connectivity index (χ1) is 11.0. The molecule has 0 aliphatic heterocycles. The van der Waals surface area contributed by atoms with Crippen molar-refractivity contribution in [3.05, 3.63) is 58.1 Å². The molecule has 0 saturated carbocycles. The number of halogens is 2. The van der Waals surface area contributed by atoms with E-state index in [9.17, 15) is 0 Å². The lowest BCUT2D eigenvalue weighted by molar-refractivity contribution is 1.05. The molecule has 0 bridgehead atoms. The highest BCUT2D eigenvalue weighted by Crippen LogP contribution is 2.29. The number of benzene rings is 2. The molecule has 0 heterocycles. The van der Waals surface area contributed by atoms with E-state index in [1.54, 1.807) is 24.4 Å². The molecule has 0 radical (unpaired) electrons. The van der Waals surface area contributed by atoms with Crippen molar-refractivity contribution in [2.24, 2.45) is 5.10 Å². The van der Waals surface area contributed by atoms with Crippen molar-refractivity contribution in [2.75, 3.05) is 24.3 Å². The predicted molar refractivity (Wildman–Crippen MR) is 104 cm³/mol. The van der Waals surface area contributed by atoms with Crippen LogP contribution in [0.3, 0.4) is 0 Å². The Hall–Kier alpha value is -1.82. The molecule has 7 heteroatoms. The first-order valence-corrected chi connectivity index (χ1v) is 7.95. The molecule has 0 fully saturated rings. The van der Waals surface area contributed by atoms with Crippen LogP contribution < -0.4 is 15.6 Å². The molecule has 2 aromatic rings. The summed E-state index contributed by atoms with van der Waals surface area (Å²) in [7, 11) is 3.99. The maximum Gasteiger partial charge on any atom is 0.191 e. The van der Waals surface area contributed by atoms with Crippen LogP contribution >= 0.6 is 35.4 Å². The van der Waals surface area contributed by atoms with E-state index in [-0.39, 0.29) is 0 Å². The lowest BCUT2D eigenvalue weighted by atomic mass is 10.2. The number of nitrogens with zero attached hydrogens (tertiary/aromatic N) is 2. The molecule has 0 aliphatic carbocycles. The molecule has 2 N–H and O–H groups in total. The van der Waals surface area contributed by atoms with Crippen molar-refractivity contribution in [3.63, 3.8) is 0 Å². The van der Waals surface area contributed by atoms with Crippen LogP contribution in [0, 0.1) is 0 Å². The predicted octanol–water partition coefficient (Wildman–Crippen LogP) is 4.38. The third-order valence-corrected chi connectivity index (χ3v) is 4.00. The highest BCUT2D eigenvalue weighted by molar-refractivity contribution is 7.80. The molecule has 23 heavy (non-hydrogen) atoms. The highest BCUT2D eigenvalue weighted by atomic mass is 35.5. The number of thiocarbonyl (C=S) groups is 1. The van der Waals surface area contributed by atoms with Crippen LogP contribution in [0.5, 0.6) is 0 Å². The quantitative estimate of drug-likeness (QED) is 0.478. The monoisotopic (exact) mass is 366 g/mol. The molecule has 0 amide bonds. The van der Waals surface area contributed by atoms with Crippen LogP contribution in [0.2, 0.25) is 10.0 Å². The van der Waals surface area contributed by atoms with Crippen LogP contribution in [0.15, 0.2) is 47.6 Å². The molecule has 0 aromatic heterocycles. The average Bonchev–Trinajstić information content (AvgIpc) is 2.52. The summed E-state index contributed by atoms with van der Waals surface area (Å²) in [4.78, 5) is 2.03. The van der Waals surface area contributed by atoms with Crippen molar-refractivity contribution >= 4 is 58.1 Å². The average molecular weight is 367 g/mol. The maximum absolute atomic E-state index is 6.08. The van der Waals surface area contributed by atoms with Gasteiger partial charge in [0.15, 0.2) is 5.11 Å². The fourth-order valence-corrected chi connectivity index (χ4v) is 2.29. The molecule has 0 saturated heterocycles. The summed E-state index contributed by atoms with van der Waals surface area (Å²) in [6, 6.07) is 13.3. The van der Waals surface area contributed by atoms with E-state index >= 15 is 0 Å². The van der Waals surface area contributed by atoms with Crippen LogP contribution in [-0.4, -0.2) is 25.4 Å². The SMILES string of the molecule is CN(C)c1ccc(/C=N\NC(=S)Nc2cccc(Cl)c2Cl)cc1. The van der Waals surface area contributed by atoms with Gasteiger partial charge in [-0.3, -0.25) is 5.43 Å². The molecule has 0 aliphatic rings. The number of hydrogen-bond acceptors (Lipinski definition) is 3. The van der Waals surface area contributed by atoms with Crippen LogP contribution in [0.1, 0.15) is 5.56 Å². The van der Waals surface area contributed by atoms with Crippen molar-refractivity contribution in [1.29, 1.82) is 0 Å². The first kappa shape index (κ1) is 17.5. The third-order valence-electron chi connectivity index (χ3n) is 2.99. The zero-order chi connectivity index (χ0) is 16.8. The van der Waals surface area contributed by atoms with E-state index < -0.39 is 0 Å². The van der Waals surface area contributed by atoms with E-state index in [4.69, 9.17) is 35.4 Å². The zero-order valence-electron chi connectivity index (χ0n) is 12.7. The Bertz CT molecular complexity index is 715. The topological polar surface area (TPSA) is 39.7 Å². The normalized spacial score (nSPS) is 10.6. The Balaban J connectivity index is 1.92. The molecular weight excluding hydrogens is 351 g/mol. The van der Waals surface area contributed by atoms with Gasteiger partial charge in [0.2, 0.25) is 0 Å². The minimum Gasteiger partial charge on any atom is -0.378 e. The van der Waals surface area contributed by atoms with E-state index in [1.807, 2.05) is 43.3 Å². The highest BCUT2D eigenvalue weighted by Gasteiger charge is 2.05.